The fourth-order valence-corrected chi connectivity index (χ4v) is 7.11. The molecule has 3 fully saturated rings. The molecule has 1 aliphatic carbocycles. The number of carbonyl (C=O) groups is 2. The summed E-state index contributed by atoms with van der Waals surface area (Å²) in [7, 11) is 1.65. The molecular formula is C33H40N6O3. The maximum Gasteiger partial charge on any atom is 0.255 e. The van der Waals surface area contributed by atoms with Crippen LogP contribution in [-0.4, -0.2) is 75.1 Å². The quantitative estimate of drug-likeness (QED) is 0.367. The third kappa shape index (κ3) is 4.45. The van der Waals surface area contributed by atoms with Crippen molar-refractivity contribution in [3.63, 3.8) is 0 Å². The lowest BCUT2D eigenvalue weighted by Crippen LogP contribution is -2.47. The SMILES string of the molecule is COc1cc(C(=O)N2CCC[C@@H](N)C2)cn2nc(-c3cc4cccc(C5CN(C(C)=O)C5)c4n3CC3CCC3)c(C)c12. The molecule has 9 nitrogen and oxygen atoms in total. The van der Waals surface area contributed by atoms with E-state index in [1.807, 2.05) is 26.6 Å². The Morgan fingerprint density at radius 1 is 1.05 bits per heavy atom. The van der Waals surface area contributed by atoms with E-state index in [9.17, 15) is 9.59 Å². The van der Waals surface area contributed by atoms with Crippen molar-refractivity contribution >= 4 is 28.2 Å². The fraction of sp³-hybridized carbons (Fsp3) is 0.485. The number of aryl methyl sites for hydroxylation is 1. The Morgan fingerprint density at radius 3 is 2.55 bits per heavy atom. The van der Waals surface area contributed by atoms with Crippen molar-refractivity contribution in [2.24, 2.45) is 11.7 Å². The highest BCUT2D eigenvalue weighted by Crippen LogP contribution is 2.41. The van der Waals surface area contributed by atoms with Crippen molar-refractivity contribution in [2.75, 3.05) is 33.3 Å². The van der Waals surface area contributed by atoms with Gasteiger partial charge in [0.2, 0.25) is 5.91 Å². The van der Waals surface area contributed by atoms with Crippen molar-refractivity contribution in [2.45, 2.75) is 64.5 Å². The van der Waals surface area contributed by atoms with Gasteiger partial charge in [-0.05, 0) is 56.2 Å². The molecule has 2 amide bonds. The summed E-state index contributed by atoms with van der Waals surface area (Å²) in [5.41, 5.74) is 13.2. The molecule has 42 heavy (non-hydrogen) atoms. The summed E-state index contributed by atoms with van der Waals surface area (Å²) in [4.78, 5) is 29.2. The van der Waals surface area contributed by atoms with Gasteiger partial charge in [0.25, 0.3) is 5.91 Å². The van der Waals surface area contributed by atoms with E-state index in [2.05, 4.69) is 35.8 Å². The van der Waals surface area contributed by atoms with Crippen LogP contribution in [0.2, 0.25) is 0 Å². The molecule has 5 heterocycles. The molecular weight excluding hydrogens is 528 g/mol. The minimum atomic E-state index is -0.0381. The minimum Gasteiger partial charge on any atom is -0.494 e. The van der Waals surface area contributed by atoms with Gasteiger partial charge in [0, 0.05) is 68.8 Å². The molecule has 0 spiro atoms. The van der Waals surface area contributed by atoms with Crippen LogP contribution in [0.3, 0.4) is 0 Å². The Hall–Kier alpha value is -3.85. The van der Waals surface area contributed by atoms with Crippen LogP contribution < -0.4 is 10.5 Å². The van der Waals surface area contributed by atoms with Crippen molar-refractivity contribution in [3.8, 4) is 17.1 Å². The molecule has 220 valence electrons. The molecule has 3 aliphatic rings. The molecule has 7 rings (SSSR count). The number of methoxy groups -OCH3 is 1. The van der Waals surface area contributed by atoms with Gasteiger partial charge in [-0.15, -0.1) is 0 Å². The summed E-state index contributed by atoms with van der Waals surface area (Å²) in [5, 5.41) is 6.31. The Balaban J connectivity index is 1.34. The number of piperidine rings is 1. The van der Waals surface area contributed by atoms with Gasteiger partial charge in [0.15, 0.2) is 0 Å². The summed E-state index contributed by atoms with van der Waals surface area (Å²) >= 11 is 0. The van der Waals surface area contributed by atoms with Gasteiger partial charge in [-0.1, -0.05) is 24.6 Å². The predicted molar refractivity (Wildman–Crippen MR) is 163 cm³/mol. The number of amides is 2. The summed E-state index contributed by atoms with van der Waals surface area (Å²) in [6.45, 7) is 7.50. The van der Waals surface area contributed by atoms with Crippen LogP contribution in [-0.2, 0) is 11.3 Å². The zero-order valence-corrected chi connectivity index (χ0v) is 24.8. The Labute approximate surface area is 246 Å². The number of hydrogen-bond acceptors (Lipinski definition) is 5. The molecule has 0 radical (unpaired) electrons. The molecule has 2 N–H and O–H groups in total. The number of aromatic nitrogens is 3. The highest BCUT2D eigenvalue weighted by Gasteiger charge is 2.33. The standard InChI is InChI=1S/C33H40N6O3/c1-20-30(35-39-18-24(14-29(42-3)31(20)39)33(41)36-12-6-10-26(34)19-36)28-13-23-9-5-11-27(25-16-37(17-25)21(2)40)32(23)38(28)15-22-7-4-8-22/h5,9,11,13-14,18,22,25-26H,4,6-8,10,12,15-17,19,34H2,1-3H3/t26-/m1/s1. The number of carbonyl (C=O) groups excluding carboxylic acids is 2. The van der Waals surface area contributed by atoms with Gasteiger partial charge in [0.1, 0.15) is 17.0 Å². The topological polar surface area (TPSA) is 98.1 Å². The average molecular weight is 569 g/mol. The van der Waals surface area contributed by atoms with Gasteiger partial charge >= 0.3 is 0 Å². The summed E-state index contributed by atoms with van der Waals surface area (Å²) < 4.78 is 10.1. The van der Waals surface area contributed by atoms with E-state index < -0.39 is 0 Å². The monoisotopic (exact) mass is 568 g/mol. The van der Waals surface area contributed by atoms with E-state index in [4.69, 9.17) is 15.6 Å². The summed E-state index contributed by atoms with van der Waals surface area (Å²) in [6, 6.07) is 10.7. The van der Waals surface area contributed by atoms with Crippen molar-refractivity contribution in [3.05, 3.63) is 53.2 Å². The Bertz CT molecular complexity index is 1690. The van der Waals surface area contributed by atoms with Crippen LogP contribution in [0.15, 0.2) is 36.5 Å². The third-order valence-corrected chi connectivity index (χ3v) is 9.77. The lowest BCUT2D eigenvalue weighted by atomic mass is 9.85. The van der Waals surface area contributed by atoms with E-state index >= 15 is 0 Å². The van der Waals surface area contributed by atoms with E-state index in [1.165, 1.54) is 35.7 Å². The molecule has 3 aromatic heterocycles. The fourth-order valence-electron chi connectivity index (χ4n) is 7.11. The number of pyridine rings is 1. The molecule has 1 saturated carbocycles. The van der Waals surface area contributed by atoms with Crippen LogP contribution in [0.5, 0.6) is 5.75 Å². The number of nitrogens with zero attached hydrogens (tertiary/aromatic N) is 5. The normalized spacial score (nSPS) is 19.8. The average Bonchev–Trinajstić information content (AvgIpc) is 3.46. The maximum atomic E-state index is 13.5. The first-order valence-corrected chi connectivity index (χ1v) is 15.3. The first kappa shape index (κ1) is 27.0. The molecule has 9 heteroatoms. The van der Waals surface area contributed by atoms with E-state index in [0.29, 0.717) is 36.2 Å². The van der Waals surface area contributed by atoms with Crippen molar-refractivity contribution in [1.82, 2.24) is 24.0 Å². The summed E-state index contributed by atoms with van der Waals surface area (Å²) in [5.74, 6) is 1.72. The highest BCUT2D eigenvalue weighted by atomic mass is 16.5. The molecule has 0 unspecified atom stereocenters. The van der Waals surface area contributed by atoms with Crippen molar-refractivity contribution < 1.29 is 14.3 Å². The Kier molecular flexibility index (Phi) is 6.72. The van der Waals surface area contributed by atoms with Gasteiger partial charge < -0.3 is 24.8 Å². The first-order valence-electron chi connectivity index (χ1n) is 15.3. The van der Waals surface area contributed by atoms with E-state index in [-0.39, 0.29) is 17.9 Å². The van der Waals surface area contributed by atoms with Crippen LogP contribution in [0, 0.1) is 12.8 Å². The Morgan fingerprint density at radius 2 is 1.86 bits per heavy atom. The number of fused-ring (bicyclic) bond motifs is 2. The predicted octanol–water partition coefficient (Wildman–Crippen LogP) is 4.58. The van der Waals surface area contributed by atoms with E-state index in [1.54, 1.807) is 14.0 Å². The molecule has 1 aromatic carbocycles. The lowest BCUT2D eigenvalue weighted by Gasteiger charge is -2.39. The number of benzene rings is 1. The zero-order chi connectivity index (χ0) is 29.1. The number of rotatable bonds is 6. The third-order valence-electron chi connectivity index (χ3n) is 9.77. The second kappa shape index (κ2) is 10.5. The van der Waals surface area contributed by atoms with Gasteiger partial charge in [-0.25, -0.2) is 4.52 Å². The molecule has 2 aliphatic heterocycles. The van der Waals surface area contributed by atoms with Crippen molar-refractivity contribution in [1.29, 1.82) is 0 Å². The van der Waals surface area contributed by atoms with E-state index in [0.717, 1.165) is 54.9 Å². The van der Waals surface area contributed by atoms with Crippen LogP contribution in [0.1, 0.15) is 66.4 Å². The number of nitrogens with two attached hydrogens (primary N) is 1. The first-order chi connectivity index (χ1) is 20.3. The number of hydrogen-bond donors (Lipinski definition) is 1. The number of likely N-dealkylation sites (tertiary alicyclic amines) is 2. The molecule has 0 bridgehead atoms. The second-order valence-corrected chi connectivity index (χ2v) is 12.6. The van der Waals surface area contributed by atoms with Crippen LogP contribution in [0.4, 0.5) is 0 Å². The summed E-state index contributed by atoms with van der Waals surface area (Å²) in [6.07, 6.45) is 7.47. The minimum absolute atomic E-state index is 0.0137. The zero-order valence-electron chi connectivity index (χ0n) is 24.8. The number of ether oxygens (including phenoxy) is 1. The van der Waals surface area contributed by atoms with Gasteiger partial charge in [-0.2, -0.15) is 5.10 Å². The van der Waals surface area contributed by atoms with Gasteiger partial charge in [0.05, 0.1) is 23.9 Å². The maximum absolute atomic E-state index is 13.5. The molecule has 4 aromatic rings. The lowest BCUT2D eigenvalue weighted by molar-refractivity contribution is -0.133. The smallest absolute Gasteiger partial charge is 0.255 e. The molecule has 2 saturated heterocycles. The molecule has 1 atom stereocenters. The highest BCUT2D eigenvalue weighted by molar-refractivity contribution is 5.96. The second-order valence-electron chi connectivity index (χ2n) is 12.6. The van der Waals surface area contributed by atoms with Crippen LogP contribution >= 0.6 is 0 Å². The number of para-hydroxylation sites is 1. The largest absolute Gasteiger partial charge is 0.494 e. The van der Waals surface area contributed by atoms with Crippen LogP contribution in [0.25, 0.3) is 27.8 Å². The van der Waals surface area contributed by atoms with Gasteiger partial charge in [-0.3, -0.25) is 9.59 Å².